The maximum atomic E-state index is 12.5. The van der Waals surface area contributed by atoms with Gasteiger partial charge in [-0.15, -0.1) is 23.7 Å². The fourth-order valence-corrected chi connectivity index (χ4v) is 3.14. The Morgan fingerprint density at radius 2 is 2.43 bits per heavy atom. The number of hydrogen-bond donors (Lipinski definition) is 1. The SMILES string of the molecule is Cc1cc(C2CCCN2C(=O)c2csc(CN)n2)on1.Cl. The summed E-state index contributed by atoms with van der Waals surface area (Å²) in [4.78, 5) is 18.6. The summed E-state index contributed by atoms with van der Waals surface area (Å²) < 4.78 is 5.31. The van der Waals surface area contributed by atoms with Crippen molar-refractivity contribution in [2.75, 3.05) is 6.54 Å². The van der Waals surface area contributed by atoms with Crippen LogP contribution in [0.3, 0.4) is 0 Å². The van der Waals surface area contributed by atoms with Crippen LogP contribution >= 0.6 is 23.7 Å². The molecule has 0 aliphatic carbocycles. The van der Waals surface area contributed by atoms with Gasteiger partial charge in [0.2, 0.25) is 0 Å². The summed E-state index contributed by atoms with van der Waals surface area (Å²) in [6.07, 6.45) is 1.86. The van der Waals surface area contributed by atoms with Crippen LogP contribution < -0.4 is 5.73 Å². The molecule has 1 aliphatic rings. The van der Waals surface area contributed by atoms with E-state index in [0.717, 1.165) is 35.8 Å². The summed E-state index contributed by atoms with van der Waals surface area (Å²) in [6, 6.07) is 1.86. The van der Waals surface area contributed by atoms with E-state index in [9.17, 15) is 4.79 Å². The van der Waals surface area contributed by atoms with Crippen molar-refractivity contribution >= 4 is 29.7 Å². The number of aromatic nitrogens is 2. The fraction of sp³-hybridized carbons (Fsp3) is 0.462. The predicted octanol–water partition coefficient (Wildman–Crippen LogP) is 2.30. The second-order valence-electron chi connectivity index (χ2n) is 4.86. The number of likely N-dealkylation sites (tertiary alicyclic amines) is 1. The van der Waals surface area contributed by atoms with Gasteiger partial charge in [0.1, 0.15) is 10.7 Å². The van der Waals surface area contributed by atoms with Crippen LogP contribution in [0.1, 0.15) is 45.8 Å². The zero-order valence-corrected chi connectivity index (χ0v) is 13.2. The van der Waals surface area contributed by atoms with E-state index in [1.165, 1.54) is 11.3 Å². The summed E-state index contributed by atoms with van der Waals surface area (Å²) in [7, 11) is 0. The van der Waals surface area contributed by atoms with Crippen molar-refractivity contribution in [1.29, 1.82) is 0 Å². The van der Waals surface area contributed by atoms with E-state index in [-0.39, 0.29) is 24.4 Å². The molecule has 2 aromatic heterocycles. The van der Waals surface area contributed by atoms with Crippen molar-refractivity contribution in [2.45, 2.75) is 32.4 Å². The molecular weight excluding hydrogens is 312 g/mol. The number of nitrogens with two attached hydrogens (primary N) is 1. The first-order valence-electron chi connectivity index (χ1n) is 6.57. The van der Waals surface area contributed by atoms with Crippen molar-refractivity contribution in [1.82, 2.24) is 15.0 Å². The molecule has 1 saturated heterocycles. The van der Waals surface area contributed by atoms with Crippen LogP contribution in [0.5, 0.6) is 0 Å². The Morgan fingerprint density at radius 3 is 3.05 bits per heavy atom. The van der Waals surface area contributed by atoms with Crippen LogP contribution in [0.25, 0.3) is 0 Å². The molecule has 3 rings (SSSR count). The van der Waals surface area contributed by atoms with Crippen molar-refractivity contribution in [3.63, 3.8) is 0 Å². The van der Waals surface area contributed by atoms with Gasteiger partial charge in [-0.05, 0) is 19.8 Å². The lowest BCUT2D eigenvalue weighted by Crippen LogP contribution is -2.30. The van der Waals surface area contributed by atoms with Crippen LogP contribution in [0.15, 0.2) is 16.0 Å². The molecular formula is C13H17ClN4O2S. The zero-order valence-electron chi connectivity index (χ0n) is 11.6. The summed E-state index contributed by atoms with van der Waals surface area (Å²) in [6.45, 7) is 2.96. The average Bonchev–Trinajstić information content (AvgIpc) is 3.17. The van der Waals surface area contributed by atoms with Gasteiger partial charge in [0.05, 0.1) is 11.7 Å². The monoisotopic (exact) mass is 328 g/mol. The molecule has 1 aliphatic heterocycles. The maximum absolute atomic E-state index is 12.5. The van der Waals surface area contributed by atoms with Gasteiger partial charge in [-0.1, -0.05) is 5.16 Å². The number of hydrogen-bond acceptors (Lipinski definition) is 6. The Balaban J connectivity index is 0.00000161. The Labute approximate surface area is 132 Å². The lowest BCUT2D eigenvalue weighted by molar-refractivity contribution is 0.0709. The van der Waals surface area contributed by atoms with Gasteiger partial charge in [0.25, 0.3) is 5.91 Å². The van der Waals surface area contributed by atoms with Gasteiger partial charge in [-0.25, -0.2) is 4.98 Å². The summed E-state index contributed by atoms with van der Waals surface area (Å²) in [5, 5.41) is 6.45. The molecule has 0 aromatic carbocycles. The van der Waals surface area contributed by atoms with E-state index in [0.29, 0.717) is 12.2 Å². The second-order valence-corrected chi connectivity index (χ2v) is 5.80. The van der Waals surface area contributed by atoms with E-state index in [2.05, 4.69) is 10.1 Å². The molecule has 21 heavy (non-hydrogen) atoms. The van der Waals surface area contributed by atoms with Crippen molar-refractivity contribution in [2.24, 2.45) is 5.73 Å². The second kappa shape index (κ2) is 6.55. The molecule has 8 heteroatoms. The van der Waals surface area contributed by atoms with E-state index in [4.69, 9.17) is 10.3 Å². The van der Waals surface area contributed by atoms with Gasteiger partial charge < -0.3 is 15.2 Å². The van der Waals surface area contributed by atoms with Crippen LogP contribution in [0.4, 0.5) is 0 Å². The molecule has 1 amide bonds. The molecule has 1 fully saturated rings. The third-order valence-electron chi connectivity index (χ3n) is 3.43. The smallest absolute Gasteiger partial charge is 0.273 e. The first-order valence-corrected chi connectivity index (χ1v) is 7.45. The number of halogens is 1. The number of carbonyl (C=O) groups excluding carboxylic acids is 1. The molecule has 3 heterocycles. The molecule has 0 spiro atoms. The largest absolute Gasteiger partial charge is 0.359 e. The standard InChI is InChI=1S/C13H16N4O2S.ClH/c1-8-5-11(19-16-8)10-3-2-4-17(10)13(18)9-7-20-12(6-14)15-9;/h5,7,10H,2-4,6,14H2,1H3;1H. The van der Waals surface area contributed by atoms with Gasteiger partial charge >= 0.3 is 0 Å². The Hall–Kier alpha value is -1.44. The van der Waals surface area contributed by atoms with E-state index in [1.807, 2.05) is 17.9 Å². The highest BCUT2D eigenvalue weighted by Crippen LogP contribution is 2.33. The number of thiazole rings is 1. The van der Waals surface area contributed by atoms with E-state index in [1.54, 1.807) is 5.38 Å². The normalized spacial score (nSPS) is 17.8. The molecule has 0 saturated carbocycles. The van der Waals surface area contributed by atoms with Crippen LogP contribution in [-0.2, 0) is 6.54 Å². The minimum absolute atomic E-state index is 0. The number of amides is 1. The highest BCUT2D eigenvalue weighted by atomic mass is 35.5. The molecule has 0 bridgehead atoms. The molecule has 0 radical (unpaired) electrons. The Morgan fingerprint density at radius 1 is 1.62 bits per heavy atom. The van der Waals surface area contributed by atoms with E-state index >= 15 is 0 Å². The molecule has 1 atom stereocenters. The van der Waals surface area contributed by atoms with Crippen LogP contribution in [-0.4, -0.2) is 27.5 Å². The summed E-state index contributed by atoms with van der Waals surface area (Å²) in [5.41, 5.74) is 6.84. The number of carbonyl (C=O) groups is 1. The van der Waals surface area contributed by atoms with Crippen LogP contribution in [0, 0.1) is 6.92 Å². The number of rotatable bonds is 3. The quantitative estimate of drug-likeness (QED) is 0.934. The molecule has 2 aromatic rings. The lowest BCUT2D eigenvalue weighted by Gasteiger charge is -2.21. The third-order valence-corrected chi connectivity index (χ3v) is 4.30. The van der Waals surface area contributed by atoms with Gasteiger partial charge in [-0.3, -0.25) is 4.79 Å². The highest BCUT2D eigenvalue weighted by Gasteiger charge is 2.34. The van der Waals surface area contributed by atoms with Crippen molar-refractivity contribution in [3.05, 3.63) is 33.6 Å². The number of nitrogens with zero attached hydrogens (tertiary/aromatic N) is 3. The van der Waals surface area contributed by atoms with E-state index < -0.39 is 0 Å². The molecule has 6 nitrogen and oxygen atoms in total. The number of aryl methyl sites for hydroxylation is 1. The van der Waals surface area contributed by atoms with Gasteiger partial charge in [0.15, 0.2) is 5.76 Å². The minimum atomic E-state index is -0.0579. The average molecular weight is 329 g/mol. The predicted molar refractivity (Wildman–Crippen MR) is 81.5 cm³/mol. The highest BCUT2D eigenvalue weighted by molar-refractivity contribution is 7.09. The minimum Gasteiger partial charge on any atom is -0.359 e. The molecule has 114 valence electrons. The Bertz CT molecular complexity index is 627. The van der Waals surface area contributed by atoms with Crippen molar-refractivity contribution < 1.29 is 9.32 Å². The van der Waals surface area contributed by atoms with Gasteiger partial charge in [0, 0.05) is 24.5 Å². The lowest BCUT2D eigenvalue weighted by atomic mass is 10.1. The maximum Gasteiger partial charge on any atom is 0.273 e. The fourth-order valence-electron chi connectivity index (χ4n) is 2.50. The Kier molecular flexibility index (Phi) is 4.97. The first kappa shape index (κ1) is 15.9. The van der Waals surface area contributed by atoms with Gasteiger partial charge in [-0.2, -0.15) is 0 Å². The molecule has 2 N–H and O–H groups in total. The van der Waals surface area contributed by atoms with Crippen LogP contribution in [0.2, 0.25) is 0 Å². The summed E-state index contributed by atoms with van der Waals surface area (Å²) in [5.74, 6) is 0.695. The zero-order chi connectivity index (χ0) is 14.1. The summed E-state index contributed by atoms with van der Waals surface area (Å²) >= 11 is 1.42. The first-order chi connectivity index (χ1) is 9.69. The topological polar surface area (TPSA) is 85.2 Å². The molecule has 1 unspecified atom stereocenters. The van der Waals surface area contributed by atoms with Crippen molar-refractivity contribution in [3.8, 4) is 0 Å². The third kappa shape index (κ3) is 3.09.